The zero-order chi connectivity index (χ0) is 16.1. The molecule has 3 nitrogen and oxygen atoms in total. The van der Waals surface area contributed by atoms with E-state index in [0.717, 1.165) is 23.5 Å². The Morgan fingerprint density at radius 2 is 1.68 bits per heavy atom. The third-order valence-corrected chi connectivity index (χ3v) is 3.62. The normalized spacial score (nSPS) is 15.7. The molecule has 0 spiro atoms. The van der Waals surface area contributed by atoms with E-state index >= 15 is 0 Å². The minimum Gasteiger partial charge on any atom is -0.508 e. The van der Waals surface area contributed by atoms with Crippen molar-refractivity contribution >= 4 is 23.2 Å². The fourth-order valence-corrected chi connectivity index (χ4v) is 1.99. The lowest BCUT2D eigenvalue weighted by Gasteiger charge is -2.07. The molecule has 2 aromatic rings. The summed E-state index contributed by atoms with van der Waals surface area (Å²) >= 11 is 11.4. The van der Waals surface area contributed by atoms with Gasteiger partial charge in [-0.05, 0) is 49.2 Å². The molecule has 1 N–H and O–H groups in total. The number of hydrogen-bond donors (Lipinski definition) is 1. The lowest BCUT2D eigenvalue weighted by molar-refractivity contribution is 0.262. The molecule has 1 heterocycles. The number of hydrogen-bond acceptors (Lipinski definition) is 3. The lowest BCUT2D eigenvalue weighted by Crippen LogP contribution is -2.04. The third-order valence-electron chi connectivity index (χ3n) is 3.15. The Labute approximate surface area is 140 Å². The van der Waals surface area contributed by atoms with Crippen LogP contribution in [0, 0.1) is 13.8 Å². The van der Waals surface area contributed by atoms with Gasteiger partial charge in [0, 0.05) is 10.0 Å². The van der Waals surface area contributed by atoms with Gasteiger partial charge in [0.15, 0.2) is 0 Å². The van der Waals surface area contributed by atoms with Crippen molar-refractivity contribution in [3.05, 3.63) is 57.6 Å². The van der Waals surface area contributed by atoms with E-state index in [-0.39, 0.29) is 5.75 Å². The second-order valence-corrected chi connectivity index (χ2v) is 5.98. The van der Waals surface area contributed by atoms with Gasteiger partial charge < -0.3 is 14.6 Å². The average molecular weight is 341 g/mol. The van der Waals surface area contributed by atoms with E-state index in [1.165, 1.54) is 6.07 Å². The Balaban J connectivity index is 0.000000172. The van der Waals surface area contributed by atoms with Gasteiger partial charge >= 0.3 is 0 Å². The maximum atomic E-state index is 9.02. The van der Waals surface area contributed by atoms with Crippen molar-refractivity contribution in [1.29, 1.82) is 0 Å². The number of aryl methyl sites for hydroxylation is 2. The number of ether oxygens (including phenoxy) is 2. The molecule has 1 saturated heterocycles. The molecule has 3 rings (SSSR count). The Bertz CT molecular complexity index is 640. The van der Waals surface area contributed by atoms with E-state index < -0.39 is 0 Å². The van der Waals surface area contributed by atoms with Gasteiger partial charge in [0.05, 0.1) is 6.61 Å². The van der Waals surface area contributed by atoms with Crippen molar-refractivity contribution in [3.8, 4) is 11.5 Å². The summed E-state index contributed by atoms with van der Waals surface area (Å²) in [4.78, 5) is 0. The highest BCUT2D eigenvalue weighted by atomic mass is 35.5. The predicted octanol–water partition coefficient (Wildman–Crippen LogP) is 4.78. The summed E-state index contributed by atoms with van der Waals surface area (Å²) in [6.45, 7) is 5.27. The van der Waals surface area contributed by atoms with Crippen LogP contribution in [0.1, 0.15) is 11.1 Å². The van der Waals surface area contributed by atoms with Crippen molar-refractivity contribution in [2.75, 3.05) is 13.2 Å². The van der Waals surface area contributed by atoms with E-state index in [2.05, 4.69) is 0 Å². The topological polar surface area (TPSA) is 42.0 Å². The molecular formula is C17H18Cl2O3. The highest BCUT2D eigenvalue weighted by Crippen LogP contribution is 2.23. The molecule has 0 unspecified atom stereocenters. The zero-order valence-corrected chi connectivity index (χ0v) is 14.0. The van der Waals surface area contributed by atoms with E-state index in [1.807, 2.05) is 32.0 Å². The number of benzene rings is 2. The van der Waals surface area contributed by atoms with Gasteiger partial charge in [-0.1, -0.05) is 35.3 Å². The van der Waals surface area contributed by atoms with Crippen molar-refractivity contribution < 1.29 is 14.6 Å². The third kappa shape index (κ3) is 5.41. The molecule has 0 aromatic heterocycles. The van der Waals surface area contributed by atoms with Crippen LogP contribution in [-0.2, 0) is 4.74 Å². The smallest absolute Gasteiger partial charge is 0.123 e. The van der Waals surface area contributed by atoms with Crippen LogP contribution in [0.25, 0.3) is 0 Å². The first-order valence-electron chi connectivity index (χ1n) is 6.91. The summed E-state index contributed by atoms with van der Waals surface area (Å²) in [6, 6.07) is 10.7. The van der Waals surface area contributed by atoms with Crippen LogP contribution in [0.15, 0.2) is 36.4 Å². The number of halogens is 2. The van der Waals surface area contributed by atoms with Crippen LogP contribution in [0.2, 0.25) is 10.0 Å². The van der Waals surface area contributed by atoms with Gasteiger partial charge in [-0.2, -0.15) is 0 Å². The molecule has 1 atom stereocenters. The van der Waals surface area contributed by atoms with Crippen LogP contribution < -0.4 is 4.74 Å². The SMILES string of the molecule is Cc1ccc(Cl)cc1O.Cc1ccc(Cl)cc1OC[C@H]1CO1. The second-order valence-electron chi connectivity index (χ2n) is 5.11. The summed E-state index contributed by atoms with van der Waals surface area (Å²) in [5.41, 5.74) is 1.95. The maximum absolute atomic E-state index is 9.02. The number of epoxide rings is 1. The van der Waals surface area contributed by atoms with Crippen molar-refractivity contribution in [1.82, 2.24) is 0 Å². The van der Waals surface area contributed by atoms with Gasteiger partial charge in [0.2, 0.25) is 0 Å². The zero-order valence-electron chi connectivity index (χ0n) is 12.5. The van der Waals surface area contributed by atoms with Crippen LogP contribution in [-0.4, -0.2) is 24.4 Å². The molecular weight excluding hydrogens is 323 g/mol. The Hall–Kier alpha value is -1.42. The summed E-state index contributed by atoms with van der Waals surface area (Å²) < 4.78 is 10.6. The fraction of sp³-hybridized carbons (Fsp3) is 0.294. The molecule has 1 aliphatic rings. The quantitative estimate of drug-likeness (QED) is 0.817. The molecule has 5 heteroatoms. The first-order chi connectivity index (χ1) is 10.5. The molecule has 0 bridgehead atoms. The number of phenols is 1. The summed E-state index contributed by atoms with van der Waals surface area (Å²) in [6.07, 6.45) is 0.290. The lowest BCUT2D eigenvalue weighted by atomic mass is 10.2. The van der Waals surface area contributed by atoms with Crippen LogP contribution in [0.3, 0.4) is 0 Å². The monoisotopic (exact) mass is 340 g/mol. The maximum Gasteiger partial charge on any atom is 0.123 e. The molecule has 0 aliphatic carbocycles. The molecule has 0 amide bonds. The van der Waals surface area contributed by atoms with Crippen LogP contribution in [0.4, 0.5) is 0 Å². The van der Waals surface area contributed by atoms with E-state index in [4.69, 9.17) is 37.8 Å². The highest BCUT2D eigenvalue weighted by Gasteiger charge is 2.23. The van der Waals surface area contributed by atoms with Crippen molar-refractivity contribution in [2.45, 2.75) is 20.0 Å². The minimum atomic E-state index is 0.252. The minimum absolute atomic E-state index is 0.252. The largest absolute Gasteiger partial charge is 0.508 e. The van der Waals surface area contributed by atoms with Gasteiger partial charge in [0.1, 0.15) is 24.2 Å². The van der Waals surface area contributed by atoms with E-state index in [9.17, 15) is 0 Å². The summed E-state index contributed by atoms with van der Waals surface area (Å²) in [5.74, 6) is 1.10. The Kier molecular flexibility index (Phi) is 5.95. The fourth-order valence-electron chi connectivity index (χ4n) is 1.66. The van der Waals surface area contributed by atoms with E-state index in [1.54, 1.807) is 12.1 Å². The average Bonchev–Trinajstić information content (AvgIpc) is 3.29. The molecule has 0 saturated carbocycles. The Morgan fingerprint density at radius 1 is 1.09 bits per heavy atom. The van der Waals surface area contributed by atoms with Crippen LogP contribution in [0.5, 0.6) is 11.5 Å². The van der Waals surface area contributed by atoms with Crippen molar-refractivity contribution in [2.24, 2.45) is 0 Å². The molecule has 22 heavy (non-hydrogen) atoms. The first-order valence-corrected chi connectivity index (χ1v) is 7.67. The van der Waals surface area contributed by atoms with E-state index in [0.29, 0.717) is 22.8 Å². The second kappa shape index (κ2) is 7.73. The summed E-state index contributed by atoms with van der Waals surface area (Å²) in [7, 11) is 0. The molecule has 118 valence electrons. The highest BCUT2D eigenvalue weighted by molar-refractivity contribution is 6.31. The first kappa shape index (κ1) is 16.9. The van der Waals surface area contributed by atoms with Gasteiger partial charge in [-0.25, -0.2) is 0 Å². The molecule has 1 fully saturated rings. The van der Waals surface area contributed by atoms with Gasteiger partial charge in [-0.15, -0.1) is 0 Å². The molecule has 2 aromatic carbocycles. The number of aromatic hydroxyl groups is 1. The standard InChI is InChI=1S/C10H11ClO2.C7H7ClO/c1-7-2-3-8(11)4-10(7)13-6-9-5-12-9;1-5-2-3-6(8)4-7(5)9/h2-4,9H,5-6H2,1H3;2-4,9H,1H3/t9-;/m1./s1. The number of rotatable bonds is 3. The van der Waals surface area contributed by atoms with Gasteiger partial charge in [0.25, 0.3) is 0 Å². The Morgan fingerprint density at radius 3 is 2.23 bits per heavy atom. The molecule has 0 radical (unpaired) electrons. The van der Waals surface area contributed by atoms with Crippen LogP contribution >= 0.6 is 23.2 Å². The molecule has 1 aliphatic heterocycles. The van der Waals surface area contributed by atoms with Crippen molar-refractivity contribution in [3.63, 3.8) is 0 Å². The van der Waals surface area contributed by atoms with Gasteiger partial charge in [-0.3, -0.25) is 0 Å². The number of phenolic OH excluding ortho intramolecular Hbond substituents is 1. The summed E-state index contributed by atoms with van der Waals surface area (Å²) in [5, 5.41) is 10.3. The predicted molar refractivity (Wildman–Crippen MR) is 89.3 cm³/mol.